The fourth-order valence-corrected chi connectivity index (χ4v) is 5.57. The van der Waals surface area contributed by atoms with Gasteiger partial charge in [0, 0.05) is 34.7 Å². The second kappa shape index (κ2) is 8.25. The van der Waals surface area contributed by atoms with Crippen molar-refractivity contribution in [1.82, 2.24) is 9.29 Å². The predicted molar refractivity (Wildman–Crippen MR) is 116 cm³/mol. The Balaban J connectivity index is 1.98. The van der Waals surface area contributed by atoms with Crippen molar-refractivity contribution in [2.24, 2.45) is 5.92 Å². The van der Waals surface area contributed by atoms with Crippen LogP contribution >= 0.6 is 23.2 Å². The minimum atomic E-state index is -4.00. The maximum Gasteiger partial charge on any atom is 0.244 e. The number of sulfonamides is 1. The van der Waals surface area contributed by atoms with Crippen molar-refractivity contribution in [3.63, 3.8) is 0 Å². The number of benzene rings is 2. The smallest absolute Gasteiger partial charge is 0.244 e. The summed E-state index contributed by atoms with van der Waals surface area (Å²) in [5.41, 5.74) is 7.26. The molecule has 0 aliphatic rings. The van der Waals surface area contributed by atoms with Gasteiger partial charge in [-0.05, 0) is 24.1 Å². The second-order valence-corrected chi connectivity index (χ2v) is 9.60. The van der Waals surface area contributed by atoms with Crippen LogP contribution in [-0.4, -0.2) is 19.0 Å². The zero-order valence-electron chi connectivity index (χ0n) is 15.9. The van der Waals surface area contributed by atoms with E-state index >= 15 is 0 Å². The lowest BCUT2D eigenvalue weighted by Crippen LogP contribution is -2.41. The molecule has 29 heavy (non-hydrogen) atoms. The number of rotatable bonds is 6. The first-order valence-electron chi connectivity index (χ1n) is 8.89. The molecule has 6 nitrogen and oxygen atoms in total. The van der Waals surface area contributed by atoms with Crippen LogP contribution in [0.5, 0.6) is 0 Å². The molecule has 0 amide bonds. The third kappa shape index (κ3) is 4.36. The molecule has 3 N–H and O–H groups in total. The average Bonchev–Trinajstić information content (AvgIpc) is 2.97. The van der Waals surface area contributed by atoms with E-state index in [0.717, 1.165) is 10.9 Å². The molecule has 0 aliphatic carbocycles. The van der Waals surface area contributed by atoms with Gasteiger partial charge in [0.15, 0.2) is 0 Å². The van der Waals surface area contributed by atoms with Gasteiger partial charge < -0.3 is 10.3 Å². The van der Waals surface area contributed by atoms with Crippen molar-refractivity contribution >= 4 is 49.8 Å². The highest BCUT2D eigenvalue weighted by atomic mass is 35.5. The fraction of sp³-hybridized carbons (Fsp3) is 0.250. The third-order valence-corrected chi connectivity index (χ3v) is 6.95. The molecule has 3 rings (SSSR count). The molecule has 0 bridgehead atoms. The first-order chi connectivity index (χ1) is 13.6. The van der Waals surface area contributed by atoms with Gasteiger partial charge >= 0.3 is 0 Å². The molecule has 0 spiro atoms. The Hall–Kier alpha value is -2.24. The van der Waals surface area contributed by atoms with Gasteiger partial charge in [-0.3, -0.25) is 0 Å². The van der Waals surface area contributed by atoms with Crippen molar-refractivity contribution < 1.29 is 8.42 Å². The summed E-state index contributed by atoms with van der Waals surface area (Å²) in [7, 11) is -4.00. The van der Waals surface area contributed by atoms with E-state index in [0.29, 0.717) is 12.1 Å². The van der Waals surface area contributed by atoms with E-state index in [1.807, 2.05) is 42.7 Å². The first-order valence-corrected chi connectivity index (χ1v) is 11.1. The normalized spacial score (nSPS) is 13.0. The number of fused-ring (bicyclic) bond motifs is 1. The number of nitrogens with zero attached hydrogens (tertiary/aromatic N) is 2. The van der Waals surface area contributed by atoms with Crippen LogP contribution in [0.25, 0.3) is 10.9 Å². The van der Waals surface area contributed by atoms with Gasteiger partial charge in [0.05, 0.1) is 16.3 Å². The van der Waals surface area contributed by atoms with E-state index in [2.05, 4.69) is 10.8 Å². The van der Waals surface area contributed by atoms with Gasteiger partial charge in [-0.25, -0.2) is 13.1 Å². The summed E-state index contributed by atoms with van der Waals surface area (Å²) < 4.78 is 30.7. The zero-order chi connectivity index (χ0) is 21.3. The minimum Gasteiger partial charge on any atom is -0.398 e. The van der Waals surface area contributed by atoms with E-state index < -0.39 is 16.1 Å². The highest BCUT2D eigenvalue weighted by Crippen LogP contribution is 2.31. The summed E-state index contributed by atoms with van der Waals surface area (Å²) in [5, 5.41) is 10.4. The number of anilines is 1. The Morgan fingerprint density at radius 1 is 1.24 bits per heavy atom. The standard InChI is InChI=1S/C20H20Cl2N4O2S/c1-12(2)18(11-26-10-13(9-23)15-5-3-4-6-19(15)26)25-29(27,28)20-16(22)7-14(21)8-17(20)24/h3-8,10,12,18,25H,11,24H2,1-2H3. The largest absolute Gasteiger partial charge is 0.398 e. The fourth-order valence-electron chi connectivity index (χ4n) is 3.20. The summed E-state index contributed by atoms with van der Waals surface area (Å²) >= 11 is 12.0. The van der Waals surface area contributed by atoms with Crippen molar-refractivity contribution in [3.05, 3.63) is 58.2 Å². The molecule has 9 heteroatoms. The number of halogens is 2. The van der Waals surface area contributed by atoms with E-state index in [1.54, 1.807) is 6.20 Å². The number of para-hydroxylation sites is 1. The molecule has 2 aromatic carbocycles. The van der Waals surface area contributed by atoms with E-state index in [-0.39, 0.29) is 26.5 Å². The lowest BCUT2D eigenvalue weighted by molar-refractivity contribution is 0.403. The SMILES string of the molecule is CC(C)C(Cn1cc(C#N)c2ccccc21)NS(=O)(=O)c1c(N)cc(Cl)cc1Cl. The van der Waals surface area contributed by atoms with Crippen molar-refractivity contribution in [3.8, 4) is 6.07 Å². The van der Waals surface area contributed by atoms with Gasteiger partial charge in [-0.15, -0.1) is 0 Å². The quantitative estimate of drug-likeness (QED) is 0.543. The Morgan fingerprint density at radius 2 is 1.93 bits per heavy atom. The van der Waals surface area contributed by atoms with Crippen LogP contribution in [0, 0.1) is 17.2 Å². The molecular formula is C20H20Cl2N4O2S. The number of nitrogen functional groups attached to an aromatic ring is 1. The van der Waals surface area contributed by atoms with Gasteiger partial charge in [-0.2, -0.15) is 5.26 Å². The number of nitrogens with two attached hydrogens (primary N) is 1. The van der Waals surface area contributed by atoms with Crippen LogP contribution < -0.4 is 10.5 Å². The first kappa shape index (κ1) is 21.5. The number of hydrogen-bond donors (Lipinski definition) is 2. The molecule has 1 atom stereocenters. The molecule has 1 aromatic heterocycles. The molecule has 0 radical (unpaired) electrons. The van der Waals surface area contributed by atoms with Crippen LogP contribution in [0.1, 0.15) is 19.4 Å². The van der Waals surface area contributed by atoms with Crippen molar-refractivity contribution in [1.29, 1.82) is 5.26 Å². The van der Waals surface area contributed by atoms with E-state index in [4.69, 9.17) is 28.9 Å². The number of nitrogens with one attached hydrogen (secondary N) is 1. The lowest BCUT2D eigenvalue weighted by atomic mass is 10.1. The maximum absolute atomic E-state index is 13.0. The molecule has 0 fully saturated rings. The van der Waals surface area contributed by atoms with Crippen molar-refractivity contribution in [2.75, 3.05) is 5.73 Å². The molecule has 0 saturated carbocycles. The Labute approximate surface area is 179 Å². The molecule has 1 heterocycles. The molecule has 152 valence electrons. The van der Waals surface area contributed by atoms with Crippen LogP contribution in [-0.2, 0) is 16.6 Å². The number of nitriles is 1. The monoisotopic (exact) mass is 450 g/mol. The molecule has 1 unspecified atom stereocenters. The highest BCUT2D eigenvalue weighted by Gasteiger charge is 2.27. The second-order valence-electron chi connectivity index (χ2n) is 7.10. The Morgan fingerprint density at radius 3 is 2.55 bits per heavy atom. The molecule has 0 aliphatic heterocycles. The third-order valence-electron chi connectivity index (χ3n) is 4.72. The molecule has 0 saturated heterocycles. The highest BCUT2D eigenvalue weighted by molar-refractivity contribution is 7.89. The summed E-state index contributed by atoms with van der Waals surface area (Å²) in [5.74, 6) is -0.0382. The minimum absolute atomic E-state index is 0.0179. The maximum atomic E-state index is 13.0. The Bertz CT molecular complexity index is 1190. The lowest BCUT2D eigenvalue weighted by Gasteiger charge is -2.24. The average molecular weight is 451 g/mol. The molecular weight excluding hydrogens is 431 g/mol. The van der Waals surface area contributed by atoms with Crippen LogP contribution in [0.3, 0.4) is 0 Å². The van der Waals surface area contributed by atoms with E-state index in [9.17, 15) is 13.7 Å². The summed E-state index contributed by atoms with van der Waals surface area (Å²) in [6, 6.07) is 11.9. The summed E-state index contributed by atoms with van der Waals surface area (Å²) in [6.07, 6.45) is 1.73. The number of hydrogen-bond acceptors (Lipinski definition) is 4. The summed E-state index contributed by atoms with van der Waals surface area (Å²) in [4.78, 5) is -0.190. The van der Waals surface area contributed by atoms with Gasteiger partial charge in [0.2, 0.25) is 10.0 Å². The van der Waals surface area contributed by atoms with Crippen LogP contribution in [0.4, 0.5) is 5.69 Å². The van der Waals surface area contributed by atoms with Gasteiger partial charge in [0.25, 0.3) is 0 Å². The zero-order valence-corrected chi connectivity index (χ0v) is 18.2. The van der Waals surface area contributed by atoms with Crippen LogP contribution in [0.2, 0.25) is 10.0 Å². The summed E-state index contributed by atoms with van der Waals surface area (Å²) in [6.45, 7) is 4.16. The Kier molecular flexibility index (Phi) is 6.11. The van der Waals surface area contributed by atoms with Crippen LogP contribution in [0.15, 0.2) is 47.5 Å². The van der Waals surface area contributed by atoms with Crippen molar-refractivity contribution in [2.45, 2.75) is 31.3 Å². The topological polar surface area (TPSA) is 101 Å². The van der Waals surface area contributed by atoms with E-state index in [1.165, 1.54) is 12.1 Å². The molecule has 3 aromatic rings. The number of aromatic nitrogens is 1. The van der Waals surface area contributed by atoms with Gasteiger partial charge in [-0.1, -0.05) is 55.2 Å². The predicted octanol–water partition coefficient (Wildman–Crippen LogP) is 4.41. The van der Waals surface area contributed by atoms with Gasteiger partial charge in [0.1, 0.15) is 11.0 Å².